The fourth-order valence-corrected chi connectivity index (χ4v) is 10.6. The molecule has 5 heterocycles. The molecule has 0 spiro atoms. The first-order valence-corrected chi connectivity index (χ1v) is 26.5. The van der Waals surface area contributed by atoms with E-state index in [1.807, 2.05) is 87.5 Å². The van der Waals surface area contributed by atoms with Crippen LogP contribution >= 0.6 is 11.3 Å². The molecule has 4 aliphatic rings. The number of fused-ring (bicyclic) bond motifs is 1. The van der Waals surface area contributed by atoms with E-state index in [4.69, 9.17) is 14.7 Å². The van der Waals surface area contributed by atoms with Crippen molar-refractivity contribution in [2.24, 2.45) is 21.3 Å². The second-order valence-corrected chi connectivity index (χ2v) is 21.4. The van der Waals surface area contributed by atoms with Crippen molar-refractivity contribution in [3.63, 3.8) is 0 Å². The third kappa shape index (κ3) is 12.9. The van der Waals surface area contributed by atoms with Gasteiger partial charge in [0.25, 0.3) is 5.91 Å². The number of amidine groups is 1. The minimum Gasteiger partial charge on any atom is -0.494 e. The molecule has 19 nitrogen and oxygen atoms in total. The number of aryl methyl sites for hydroxylation is 1. The molecule has 8 rings (SSSR count). The number of hydrogen-bond donors (Lipinski definition) is 5. The molecule has 2 fully saturated rings. The number of benzene rings is 3. The lowest BCUT2D eigenvalue weighted by molar-refractivity contribution is -0.144. The van der Waals surface area contributed by atoms with Crippen LogP contribution in [0, 0.1) is 18.3 Å². The standard InChI is InChI=1S/C56H67N11O8S/c1-8-46(69)60-38-12-11-13-40(27-38)67-49(72)26-34(2)42-31-58-55(63-52(42)67)61-43-21-20-39(28-45(43)75-7)64-22-24-65(25-23-64)48(71)15-10-9-14-47(70)62-51(56(4,5)6)54(74)66-32-41(68)29-44(66)53(73)57-30-36-16-18-37(19-17-36)50-35(3)59-33-76-50/h8,11-13,16-21,26-28,33,41-42,44,51,68H,1,9-10,14-15,22-25,29-32H2,2-7H3,(H,57,73)(H,58,61)(H,60,69)(H,62,70). The number of aliphatic hydroxyl groups is 1. The van der Waals surface area contributed by atoms with Gasteiger partial charge in [0.1, 0.15) is 23.7 Å². The molecule has 5 N–H and O–H groups in total. The van der Waals surface area contributed by atoms with Crippen LogP contribution in [0.25, 0.3) is 10.4 Å². The number of aromatic nitrogens is 1. The predicted molar refractivity (Wildman–Crippen MR) is 295 cm³/mol. The largest absolute Gasteiger partial charge is 0.494 e. The second-order valence-electron chi connectivity index (χ2n) is 20.5. The number of piperazine rings is 1. The number of unbranched alkanes of at least 4 members (excludes halogenated alkanes) is 1. The van der Waals surface area contributed by atoms with E-state index in [9.17, 15) is 33.9 Å². The van der Waals surface area contributed by atoms with Crippen molar-refractivity contribution in [3.8, 4) is 16.2 Å². The third-order valence-electron chi connectivity index (χ3n) is 14.0. The van der Waals surface area contributed by atoms with E-state index in [1.54, 1.807) is 48.8 Å². The molecule has 20 heteroatoms. The van der Waals surface area contributed by atoms with Gasteiger partial charge in [0.15, 0.2) is 0 Å². The van der Waals surface area contributed by atoms with Crippen LogP contribution < -0.4 is 35.8 Å². The minimum absolute atomic E-state index is 0.00747. The van der Waals surface area contributed by atoms with E-state index in [-0.39, 0.29) is 67.8 Å². The number of anilines is 4. The van der Waals surface area contributed by atoms with Gasteiger partial charge in [-0.3, -0.25) is 33.7 Å². The second kappa shape index (κ2) is 23.9. The van der Waals surface area contributed by atoms with E-state index >= 15 is 0 Å². The number of aliphatic hydroxyl groups excluding tert-OH is 1. The number of likely N-dealkylation sites (tertiary alicyclic amines) is 1. The number of thiazole rings is 1. The number of carbonyl (C=O) groups is 6. The zero-order valence-electron chi connectivity index (χ0n) is 43.9. The molecule has 0 bridgehead atoms. The number of nitrogens with one attached hydrogen (secondary N) is 4. The van der Waals surface area contributed by atoms with Crippen molar-refractivity contribution in [1.29, 1.82) is 0 Å². The van der Waals surface area contributed by atoms with Crippen molar-refractivity contribution in [1.82, 2.24) is 25.4 Å². The topological polar surface area (TPSA) is 231 Å². The van der Waals surface area contributed by atoms with Crippen molar-refractivity contribution in [3.05, 3.63) is 108 Å². The van der Waals surface area contributed by atoms with Gasteiger partial charge < -0.3 is 45.8 Å². The Morgan fingerprint density at radius 3 is 2.41 bits per heavy atom. The molecule has 400 valence electrons. The summed E-state index contributed by atoms with van der Waals surface area (Å²) >= 11 is 1.57. The van der Waals surface area contributed by atoms with Gasteiger partial charge in [-0.05, 0) is 79.6 Å². The van der Waals surface area contributed by atoms with Gasteiger partial charge in [-0.15, -0.1) is 11.3 Å². The van der Waals surface area contributed by atoms with Gasteiger partial charge in [-0.1, -0.05) is 63.3 Å². The van der Waals surface area contributed by atoms with Crippen molar-refractivity contribution in [2.45, 2.75) is 91.5 Å². The van der Waals surface area contributed by atoms with Crippen molar-refractivity contribution in [2.75, 3.05) is 66.8 Å². The van der Waals surface area contributed by atoms with Crippen LogP contribution in [0.5, 0.6) is 5.75 Å². The SMILES string of the molecule is C=CC(=O)Nc1cccc(N2C(=O)C=C(C)C3CN=C(Nc4ccc(N5CCN(C(=O)CCCCC(=O)NC(C(=O)N6CC(O)CC6C(=O)NCc6ccc(-c7scnc7C)cc6)C(C)(C)C)CC5)cc4OC)N=C32)c1. The fourth-order valence-electron chi connectivity index (χ4n) is 9.80. The first-order valence-electron chi connectivity index (χ1n) is 25.6. The Morgan fingerprint density at radius 2 is 1.71 bits per heavy atom. The molecule has 1 aromatic heterocycles. The van der Waals surface area contributed by atoms with Crippen molar-refractivity contribution < 1.29 is 38.6 Å². The molecule has 6 amide bonds. The fraction of sp³-hybridized carbons (Fsp3) is 0.411. The number of nitrogens with zero attached hydrogens (tertiary/aromatic N) is 7. The highest BCUT2D eigenvalue weighted by atomic mass is 32.1. The summed E-state index contributed by atoms with van der Waals surface area (Å²) in [4.78, 5) is 102. The van der Waals surface area contributed by atoms with Crippen LogP contribution in [-0.2, 0) is 35.3 Å². The number of rotatable bonds is 17. The van der Waals surface area contributed by atoms with E-state index in [2.05, 4.69) is 37.7 Å². The lowest BCUT2D eigenvalue weighted by Gasteiger charge is -2.36. The summed E-state index contributed by atoms with van der Waals surface area (Å²) in [5, 5.41) is 22.5. The van der Waals surface area contributed by atoms with Crippen LogP contribution in [0.15, 0.2) is 107 Å². The Bertz CT molecular complexity index is 2950. The number of guanidine groups is 1. The van der Waals surface area contributed by atoms with Crippen LogP contribution in [0.3, 0.4) is 0 Å². The predicted octanol–water partition coefficient (Wildman–Crippen LogP) is 6.06. The van der Waals surface area contributed by atoms with Crippen LogP contribution in [-0.4, -0.2) is 132 Å². The molecule has 76 heavy (non-hydrogen) atoms. The Labute approximate surface area is 447 Å². The Balaban J connectivity index is 0.791. The smallest absolute Gasteiger partial charge is 0.256 e. The number of ether oxygens (including phenoxy) is 1. The molecule has 4 aromatic rings. The quantitative estimate of drug-likeness (QED) is 0.0603. The van der Waals surface area contributed by atoms with Gasteiger partial charge in [-0.2, -0.15) is 4.99 Å². The number of methoxy groups -OCH3 is 1. The minimum atomic E-state index is -0.947. The number of β-amino-alcohol motifs (C(OH)–C–C–N with tert-alkyl or cyclic N) is 1. The number of aliphatic imine (C=N–C) groups is 2. The number of amides is 6. The number of hydrogen-bond acceptors (Lipinski definition) is 14. The highest BCUT2D eigenvalue weighted by Gasteiger charge is 2.44. The normalized spacial score (nSPS) is 18.9. The lowest BCUT2D eigenvalue weighted by atomic mass is 9.85. The van der Waals surface area contributed by atoms with Gasteiger partial charge in [0.2, 0.25) is 35.5 Å². The third-order valence-corrected chi connectivity index (χ3v) is 15.0. The monoisotopic (exact) mass is 1050 g/mol. The zero-order chi connectivity index (χ0) is 54.3. The molecule has 4 aliphatic heterocycles. The Kier molecular flexibility index (Phi) is 17.1. The molecule has 0 radical (unpaired) electrons. The van der Waals surface area contributed by atoms with Crippen LogP contribution in [0.1, 0.15) is 71.1 Å². The van der Waals surface area contributed by atoms with E-state index < -0.39 is 29.5 Å². The summed E-state index contributed by atoms with van der Waals surface area (Å²) in [6.45, 7) is 15.7. The molecule has 0 saturated carbocycles. The Hall–Kier alpha value is -7.71. The number of carbonyl (C=O) groups excluding carboxylic acids is 6. The maximum absolute atomic E-state index is 14.1. The maximum Gasteiger partial charge on any atom is 0.256 e. The molecule has 2 saturated heterocycles. The van der Waals surface area contributed by atoms with E-state index in [0.29, 0.717) is 80.2 Å². The summed E-state index contributed by atoms with van der Waals surface area (Å²) in [7, 11) is 1.58. The molecular weight excluding hydrogens is 987 g/mol. The summed E-state index contributed by atoms with van der Waals surface area (Å²) in [6, 6.07) is 18.8. The molecule has 4 unspecified atom stereocenters. The average Bonchev–Trinajstić information content (AvgIpc) is 4.05. The van der Waals surface area contributed by atoms with Crippen LogP contribution in [0.4, 0.5) is 22.7 Å². The highest BCUT2D eigenvalue weighted by molar-refractivity contribution is 7.13. The molecule has 0 aliphatic carbocycles. The van der Waals surface area contributed by atoms with E-state index in [1.165, 1.54) is 15.9 Å². The summed E-state index contributed by atoms with van der Waals surface area (Å²) in [6.07, 6.45) is 3.30. The molecule has 3 aromatic carbocycles. The average molecular weight is 1050 g/mol. The van der Waals surface area contributed by atoms with Gasteiger partial charge in [-0.25, -0.2) is 9.98 Å². The van der Waals surface area contributed by atoms with E-state index in [0.717, 1.165) is 33.0 Å². The summed E-state index contributed by atoms with van der Waals surface area (Å²) in [5.41, 5.74) is 7.44. The maximum atomic E-state index is 14.1. The first kappa shape index (κ1) is 54.5. The van der Waals surface area contributed by atoms with Gasteiger partial charge in [0.05, 0.1) is 53.1 Å². The molecular formula is C56H67N11O8S. The zero-order valence-corrected chi connectivity index (χ0v) is 44.7. The van der Waals surface area contributed by atoms with Crippen molar-refractivity contribution >= 4 is 81.3 Å². The van der Waals surface area contributed by atoms with Crippen LogP contribution in [0.2, 0.25) is 0 Å². The first-order chi connectivity index (χ1) is 36.4. The van der Waals surface area contributed by atoms with Gasteiger partial charge in [0, 0.05) is 82.0 Å². The summed E-state index contributed by atoms with van der Waals surface area (Å²) in [5.74, 6) is -0.595. The lowest BCUT2D eigenvalue weighted by Crippen LogP contribution is -2.57. The Morgan fingerprint density at radius 1 is 0.961 bits per heavy atom. The van der Waals surface area contributed by atoms with Gasteiger partial charge >= 0.3 is 0 Å². The highest BCUT2D eigenvalue weighted by Crippen LogP contribution is 2.34. The summed E-state index contributed by atoms with van der Waals surface area (Å²) < 4.78 is 5.81. The molecule has 4 atom stereocenters.